The summed E-state index contributed by atoms with van der Waals surface area (Å²) in [4.78, 5) is 2.34. The Morgan fingerprint density at radius 2 is 1.94 bits per heavy atom. The van der Waals surface area contributed by atoms with E-state index < -0.39 is 0 Å². The number of halogens is 1. The SMILES string of the molecule is COc1ccc(CN(C)CC(C)CBr)cc1. The molecule has 0 radical (unpaired) electrons. The third kappa shape index (κ3) is 4.54. The molecule has 1 atom stereocenters. The molecule has 16 heavy (non-hydrogen) atoms. The van der Waals surface area contributed by atoms with Crippen LogP contribution in [0.4, 0.5) is 0 Å². The molecule has 0 spiro atoms. The van der Waals surface area contributed by atoms with E-state index in [1.165, 1.54) is 5.56 Å². The molecule has 0 saturated carbocycles. The second kappa shape index (κ2) is 6.92. The van der Waals surface area contributed by atoms with E-state index in [9.17, 15) is 0 Å². The van der Waals surface area contributed by atoms with Crippen molar-refractivity contribution in [1.29, 1.82) is 0 Å². The van der Waals surface area contributed by atoms with E-state index in [1.807, 2.05) is 12.1 Å². The lowest BCUT2D eigenvalue weighted by Gasteiger charge is -2.20. The number of methoxy groups -OCH3 is 1. The Bertz CT molecular complexity index is 299. The Labute approximate surface area is 107 Å². The fraction of sp³-hybridized carbons (Fsp3) is 0.538. The van der Waals surface area contributed by atoms with Gasteiger partial charge in [-0.3, -0.25) is 0 Å². The van der Waals surface area contributed by atoms with Crippen molar-refractivity contribution < 1.29 is 4.74 Å². The zero-order chi connectivity index (χ0) is 12.0. The molecule has 0 N–H and O–H groups in total. The van der Waals surface area contributed by atoms with Crippen LogP contribution in [0.25, 0.3) is 0 Å². The van der Waals surface area contributed by atoms with E-state index in [4.69, 9.17) is 4.74 Å². The monoisotopic (exact) mass is 285 g/mol. The third-order valence-electron chi connectivity index (χ3n) is 2.50. The van der Waals surface area contributed by atoms with Gasteiger partial charge in [-0.05, 0) is 30.7 Å². The van der Waals surface area contributed by atoms with Crippen molar-refractivity contribution in [2.24, 2.45) is 5.92 Å². The van der Waals surface area contributed by atoms with Gasteiger partial charge in [0.2, 0.25) is 0 Å². The van der Waals surface area contributed by atoms with Crippen LogP contribution in [0.1, 0.15) is 12.5 Å². The van der Waals surface area contributed by atoms with Crippen molar-refractivity contribution >= 4 is 15.9 Å². The zero-order valence-electron chi connectivity index (χ0n) is 10.2. The van der Waals surface area contributed by atoms with E-state index in [2.05, 4.69) is 46.9 Å². The molecule has 1 aromatic rings. The summed E-state index contributed by atoms with van der Waals surface area (Å²) in [7, 11) is 3.85. The lowest BCUT2D eigenvalue weighted by atomic mass is 10.1. The second-order valence-corrected chi connectivity index (χ2v) is 4.95. The van der Waals surface area contributed by atoms with Gasteiger partial charge in [-0.25, -0.2) is 0 Å². The molecular formula is C13H20BrNO. The van der Waals surface area contributed by atoms with Gasteiger partial charge in [0.05, 0.1) is 7.11 Å². The van der Waals surface area contributed by atoms with Crippen LogP contribution in [0.15, 0.2) is 24.3 Å². The molecule has 90 valence electrons. The van der Waals surface area contributed by atoms with E-state index in [0.29, 0.717) is 5.92 Å². The van der Waals surface area contributed by atoms with Crippen molar-refractivity contribution in [2.45, 2.75) is 13.5 Å². The standard InChI is InChI=1S/C13H20BrNO/c1-11(8-14)9-15(2)10-12-4-6-13(16-3)7-5-12/h4-7,11H,8-10H2,1-3H3. The summed E-state index contributed by atoms with van der Waals surface area (Å²) in [5, 5.41) is 1.06. The quantitative estimate of drug-likeness (QED) is 0.745. The maximum atomic E-state index is 5.14. The molecular weight excluding hydrogens is 266 g/mol. The molecule has 0 saturated heterocycles. The molecule has 0 amide bonds. The van der Waals surface area contributed by atoms with Crippen LogP contribution in [-0.4, -0.2) is 30.9 Å². The first kappa shape index (κ1) is 13.5. The molecule has 0 fully saturated rings. The number of ether oxygens (including phenoxy) is 1. The highest BCUT2D eigenvalue weighted by molar-refractivity contribution is 9.09. The fourth-order valence-electron chi connectivity index (χ4n) is 1.69. The minimum atomic E-state index is 0.684. The molecule has 1 rings (SSSR count). The van der Waals surface area contributed by atoms with Crippen molar-refractivity contribution in [3.8, 4) is 5.75 Å². The summed E-state index contributed by atoms with van der Waals surface area (Å²) in [6.07, 6.45) is 0. The summed E-state index contributed by atoms with van der Waals surface area (Å²) in [6.45, 7) is 4.35. The predicted molar refractivity (Wildman–Crippen MR) is 72.3 cm³/mol. The van der Waals surface area contributed by atoms with Gasteiger partial charge in [0, 0.05) is 18.4 Å². The average molecular weight is 286 g/mol. The van der Waals surface area contributed by atoms with Gasteiger partial charge in [0.15, 0.2) is 0 Å². The molecule has 1 aromatic carbocycles. The first-order valence-electron chi connectivity index (χ1n) is 5.53. The lowest BCUT2D eigenvalue weighted by molar-refractivity contribution is 0.291. The van der Waals surface area contributed by atoms with Gasteiger partial charge in [0.1, 0.15) is 5.75 Å². The maximum absolute atomic E-state index is 5.14. The highest BCUT2D eigenvalue weighted by Gasteiger charge is 2.05. The first-order valence-corrected chi connectivity index (χ1v) is 6.65. The van der Waals surface area contributed by atoms with Gasteiger partial charge >= 0.3 is 0 Å². The summed E-state index contributed by atoms with van der Waals surface area (Å²) < 4.78 is 5.14. The van der Waals surface area contributed by atoms with Crippen LogP contribution < -0.4 is 4.74 Å². The molecule has 2 nitrogen and oxygen atoms in total. The number of benzene rings is 1. The Balaban J connectivity index is 2.46. The van der Waals surface area contributed by atoms with E-state index in [1.54, 1.807) is 7.11 Å². The topological polar surface area (TPSA) is 12.5 Å². The zero-order valence-corrected chi connectivity index (χ0v) is 11.8. The van der Waals surface area contributed by atoms with Crippen LogP contribution in [0.2, 0.25) is 0 Å². The van der Waals surface area contributed by atoms with Crippen LogP contribution >= 0.6 is 15.9 Å². The van der Waals surface area contributed by atoms with Crippen LogP contribution in [-0.2, 0) is 6.54 Å². The van der Waals surface area contributed by atoms with Gasteiger partial charge in [0.25, 0.3) is 0 Å². The molecule has 0 aliphatic rings. The van der Waals surface area contributed by atoms with Gasteiger partial charge < -0.3 is 9.64 Å². The third-order valence-corrected chi connectivity index (χ3v) is 3.60. The van der Waals surface area contributed by atoms with Crippen molar-refractivity contribution in [3.63, 3.8) is 0 Å². The summed E-state index contributed by atoms with van der Waals surface area (Å²) >= 11 is 3.50. The van der Waals surface area contributed by atoms with Crippen molar-refractivity contribution in [3.05, 3.63) is 29.8 Å². The Hall–Kier alpha value is -0.540. The average Bonchev–Trinajstić information content (AvgIpc) is 2.29. The molecule has 3 heteroatoms. The number of alkyl halides is 1. The molecule has 0 heterocycles. The number of hydrogen-bond donors (Lipinski definition) is 0. The summed E-state index contributed by atoms with van der Waals surface area (Å²) in [6, 6.07) is 8.26. The number of rotatable bonds is 6. The molecule has 1 unspecified atom stereocenters. The van der Waals surface area contributed by atoms with Crippen LogP contribution in [0.5, 0.6) is 5.75 Å². The second-order valence-electron chi connectivity index (χ2n) is 4.30. The van der Waals surface area contributed by atoms with Crippen molar-refractivity contribution in [1.82, 2.24) is 4.90 Å². The predicted octanol–water partition coefficient (Wildman–Crippen LogP) is 3.16. The van der Waals surface area contributed by atoms with E-state index in [0.717, 1.165) is 24.2 Å². The minimum Gasteiger partial charge on any atom is -0.497 e. The van der Waals surface area contributed by atoms with E-state index in [-0.39, 0.29) is 0 Å². The fourth-order valence-corrected chi connectivity index (χ4v) is 1.89. The Morgan fingerprint density at radius 1 is 1.31 bits per heavy atom. The Kier molecular flexibility index (Phi) is 5.85. The summed E-state index contributed by atoms with van der Waals surface area (Å²) in [5.41, 5.74) is 1.32. The Morgan fingerprint density at radius 3 is 2.44 bits per heavy atom. The van der Waals surface area contributed by atoms with Gasteiger partial charge in [-0.15, -0.1) is 0 Å². The normalized spacial score (nSPS) is 12.8. The highest BCUT2D eigenvalue weighted by Crippen LogP contribution is 2.13. The molecule has 0 aromatic heterocycles. The van der Waals surface area contributed by atoms with Gasteiger partial charge in [-0.2, -0.15) is 0 Å². The number of nitrogens with zero attached hydrogens (tertiary/aromatic N) is 1. The lowest BCUT2D eigenvalue weighted by Crippen LogP contribution is -2.24. The maximum Gasteiger partial charge on any atom is 0.118 e. The highest BCUT2D eigenvalue weighted by atomic mass is 79.9. The first-order chi connectivity index (χ1) is 7.65. The van der Waals surface area contributed by atoms with Crippen LogP contribution in [0.3, 0.4) is 0 Å². The van der Waals surface area contributed by atoms with Crippen molar-refractivity contribution in [2.75, 3.05) is 26.0 Å². The largest absolute Gasteiger partial charge is 0.497 e. The van der Waals surface area contributed by atoms with E-state index >= 15 is 0 Å². The van der Waals surface area contributed by atoms with Gasteiger partial charge in [-0.1, -0.05) is 35.0 Å². The molecule has 0 aliphatic heterocycles. The van der Waals surface area contributed by atoms with Crippen LogP contribution in [0, 0.1) is 5.92 Å². The minimum absolute atomic E-state index is 0.684. The molecule has 0 aliphatic carbocycles. The number of hydrogen-bond acceptors (Lipinski definition) is 2. The summed E-state index contributed by atoms with van der Waals surface area (Å²) in [5.74, 6) is 1.60. The smallest absolute Gasteiger partial charge is 0.118 e. The molecule has 0 bridgehead atoms.